The summed E-state index contributed by atoms with van der Waals surface area (Å²) in [4.78, 5) is 0. The highest BCUT2D eigenvalue weighted by molar-refractivity contribution is 5.44. The summed E-state index contributed by atoms with van der Waals surface area (Å²) in [6.07, 6.45) is 7.83. The molecule has 21 heavy (non-hydrogen) atoms. The third kappa shape index (κ3) is 2.72. The molecule has 2 aliphatic carbocycles. The van der Waals surface area contributed by atoms with Crippen molar-refractivity contribution in [1.29, 1.82) is 0 Å². The van der Waals surface area contributed by atoms with E-state index in [1.165, 1.54) is 49.7 Å². The van der Waals surface area contributed by atoms with E-state index < -0.39 is 0 Å². The highest BCUT2D eigenvalue weighted by Gasteiger charge is 2.40. The Morgan fingerprint density at radius 1 is 1.14 bits per heavy atom. The Labute approximate surface area is 129 Å². The molecule has 1 aromatic carbocycles. The van der Waals surface area contributed by atoms with Gasteiger partial charge in [-0.2, -0.15) is 0 Å². The Kier molecular flexibility index (Phi) is 3.80. The van der Waals surface area contributed by atoms with Gasteiger partial charge in [0.05, 0.1) is 0 Å². The van der Waals surface area contributed by atoms with E-state index in [4.69, 9.17) is 0 Å². The Morgan fingerprint density at radius 2 is 1.90 bits per heavy atom. The minimum atomic E-state index is 0.400. The van der Waals surface area contributed by atoms with E-state index >= 15 is 0 Å². The third-order valence-corrected chi connectivity index (χ3v) is 6.15. The molecule has 0 unspecified atom stereocenters. The molecule has 1 aromatic rings. The van der Waals surface area contributed by atoms with Crippen molar-refractivity contribution < 1.29 is 5.11 Å². The van der Waals surface area contributed by atoms with Gasteiger partial charge < -0.3 is 5.11 Å². The van der Waals surface area contributed by atoms with Crippen molar-refractivity contribution in [3.05, 3.63) is 28.8 Å². The zero-order valence-corrected chi connectivity index (χ0v) is 14.1. The molecule has 0 saturated heterocycles. The normalized spacial score (nSPS) is 27.9. The van der Waals surface area contributed by atoms with Gasteiger partial charge in [0.2, 0.25) is 0 Å². The third-order valence-electron chi connectivity index (χ3n) is 6.15. The first-order valence-corrected chi connectivity index (χ1v) is 8.73. The molecule has 2 atom stereocenters. The molecule has 0 amide bonds. The van der Waals surface area contributed by atoms with Gasteiger partial charge in [-0.3, -0.25) is 0 Å². The summed E-state index contributed by atoms with van der Waals surface area (Å²) in [6, 6.07) is 4.37. The summed E-state index contributed by atoms with van der Waals surface area (Å²) in [5.41, 5.74) is 4.54. The maximum absolute atomic E-state index is 10.3. The molecule has 2 aliphatic rings. The van der Waals surface area contributed by atoms with Gasteiger partial charge in [0, 0.05) is 0 Å². The van der Waals surface area contributed by atoms with Crippen molar-refractivity contribution in [2.45, 2.75) is 72.1 Å². The second kappa shape index (κ2) is 5.34. The summed E-state index contributed by atoms with van der Waals surface area (Å²) in [5.74, 6) is 2.58. The van der Waals surface area contributed by atoms with Gasteiger partial charge in [-0.25, -0.2) is 0 Å². The van der Waals surface area contributed by atoms with Crippen molar-refractivity contribution in [2.24, 2.45) is 17.3 Å². The van der Waals surface area contributed by atoms with Crippen LogP contribution in [-0.2, 0) is 12.8 Å². The molecule has 3 rings (SSSR count). The van der Waals surface area contributed by atoms with Crippen LogP contribution >= 0.6 is 0 Å². The summed E-state index contributed by atoms with van der Waals surface area (Å²) >= 11 is 0. The molecule has 1 saturated carbocycles. The molecule has 0 bridgehead atoms. The fraction of sp³-hybridized carbons (Fsp3) is 0.700. The topological polar surface area (TPSA) is 20.2 Å². The number of fused-ring (bicyclic) bond motifs is 2. The van der Waals surface area contributed by atoms with Crippen LogP contribution in [0.15, 0.2) is 12.1 Å². The van der Waals surface area contributed by atoms with Crippen LogP contribution in [0.25, 0.3) is 0 Å². The number of phenolic OH excluding ortho intramolecular Hbond substituents is 1. The zero-order chi connectivity index (χ0) is 15.2. The first-order chi connectivity index (χ1) is 9.88. The van der Waals surface area contributed by atoms with Crippen LogP contribution in [0.3, 0.4) is 0 Å². The van der Waals surface area contributed by atoms with Crippen LogP contribution in [0.4, 0.5) is 0 Å². The van der Waals surface area contributed by atoms with Crippen LogP contribution in [0.2, 0.25) is 0 Å². The zero-order valence-electron chi connectivity index (χ0n) is 14.1. The molecule has 0 spiro atoms. The molecule has 1 nitrogen and oxygen atoms in total. The van der Waals surface area contributed by atoms with Gasteiger partial charge in [-0.1, -0.05) is 40.2 Å². The maximum atomic E-state index is 10.3. The van der Waals surface area contributed by atoms with Gasteiger partial charge >= 0.3 is 0 Å². The van der Waals surface area contributed by atoms with E-state index in [0.717, 1.165) is 17.4 Å². The van der Waals surface area contributed by atoms with E-state index in [1.807, 2.05) is 0 Å². The highest BCUT2D eigenvalue weighted by Crippen LogP contribution is 2.49. The fourth-order valence-electron chi connectivity index (χ4n) is 4.89. The number of phenols is 1. The second-order valence-corrected chi connectivity index (χ2v) is 8.32. The second-order valence-electron chi connectivity index (χ2n) is 8.32. The van der Waals surface area contributed by atoms with E-state index in [9.17, 15) is 5.11 Å². The van der Waals surface area contributed by atoms with Gasteiger partial charge in [-0.15, -0.1) is 0 Å². The smallest absolute Gasteiger partial charge is 0.119 e. The van der Waals surface area contributed by atoms with Gasteiger partial charge in [0.15, 0.2) is 0 Å². The molecule has 0 radical (unpaired) electrons. The first-order valence-electron chi connectivity index (χ1n) is 8.73. The Bertz CT molecular complexity index is 527. The highest BCUT2D eigenvalue weighted by atomic mass is 16.3. The Hall–Kier alpha value is -0.980. The average Bonchev–Trinajstić information content (AvgIpc) is 2.56. The fourth-order valence-corrected chi connectivity index (χ4v) is 4.89. The Morgan fingerprint density at radius 3 is 2.62 bits per heavy atom. The minimum absolute atomic E-state index is 0.400. The molecule has 1 N–H and O–H groups in total. The lowest BCUT2D eigenvalue weighted by Gasteiger charge is -2.43. The van der Waals surface area contributed by atoms with Gasteiger partial charge in [0.1, 0.15) is 5.75 Å². The van der Waals surface area contributed by atoms with Gasteiger partial charge in [0.25, 0.3) is 0 Å². The van der Waals surface area contributed by atoms with E-state index in [-0.39, 0.29) is 0 Å². The number of hydrogen-bond donors (Lipinski definition) is 1. The minimum Gasteiger partial charge on any atom is -0.508 e. The number of rotatable bonds is 1. The van der Waals surface area contributed by atoms with Crippen molar-refractivity contribution in [2.75, 3.05) is 0 Å². The molecule has 0 aromatic heterocycles. The van der Waals surface area contributed by atoms with Crippen molar-refractivity contribution in [1.82, 2.24) is 0 Å². The molecular weight excluding hydrogens is 256 g/mol. The number of aryl methyl sites for hydroxylation is 1. The molecule has 1 heteroatoms. The SMILES string of the molecule is CC(C)c1cc2c(cc1O)C[C@@H]1CCCC(C)(C)[C@@H]1CC2. The molecule has 0 aliphatic heterocycles. The lowest BCUT2D eigenvalue weighted by Crippen LogP contribution is -2.35. The number of benzene rings is 1. The largest absolute Gasteiger partial charge is 0.508 e. The summed E-state index contributed by atoms with van der Waals surface area (Å²) < 4.78 is 0. The predicted octanol–water partition coefficient (Wildman–Crippen LogP) is 5.45. The van der Waals surface area contributed by atoms with Crippen molar-refractivity contribution in [3.8, 4) is 5.75 Å². The quantitative estimate of drug-likeness (QED) is 0.728. The van der Waals surface area contributed by atoms with Crippen LogP contribution in [-0.4, -0.2) is 5.11 Å². The lowest BCUT2D eigenvalue weighted by molar-refractivity contribution is 0.0705. The maximum Gasteiger partial charge on any atom is 0.119 e. The molecular formula is C20H30O. The average molecular weight is 286 g/mol. The van der Waals surface area contributed by atoms with E-state index in [0.29, 0.717) is 17.1 Å². The van der Waals surface area contributed by atoms with E-state index in [1.54, 1.807) is 0 Å². The molecule has 1 fully saturated rings. The molecule has 116 valence electrons. The monoisotopic (exact) mass is 286 g/mol. The summed E-state index contributed by atoms with van der Waals surface area (Å²) in [6.45, 7) is 9.27. The Balaban J connectivity index is 1.95. The van der Waals surface area contributed by atoms with Crippen molar-refractivity contribution >= 4 is 0 Å². The van der Waals surface area contributed by atoms with Crippen LogP contribution in [0, 0.1) is 17.3 Å². The van der Waals surface area contributed by atoms with E-state index in [2.05, 4.69) is 39.8 Å². The molecule has 0 heterocycles. The predicted molar refractivity (Wildman–Crippen MR) is 88.8 cm³/mol. The van der Waals surface area contributed by atoms with Crippen LogP contribution in [0.1, 0.15) is 76.0 Å². The van der Waals surface area contributed by atoms with Crippen molar-refractivity contribution in [3.63, 3.8) is 0 Å². The van der Waals surface area contributed by atoms with Gasteiger partial charge in [-0.05, 0) is 78.0 Å². The summed E-state index contributed by atoms with van der Waals surface area (Å²) in [5, 5.41) is 10.3. The lowest BCUT2D eigenvalue weighted by atomic mass is 9.62. The van der Waals surface area contributed by atoms with Crippen LogP contribution in [0.5, 0.6) is 5.75 Å². The standard InChI is InChI=1S/C20H30O/c1-13(2)17-11-14-7-8-18-15(6-5-9-20(18,3)4)10-16(14)12-19(17)21/h11-13,15,18,21H,5-10H2,1-4H3/t15-,18+/m0/s1. The van der Waals surface area contributed by atoms with Crippen LogP contribution < -0.4 is 0 Å². The number of hydrogen-bond acceptors (Lipinski definition) is 1. The summed E-state index contributed by atoms with van der Waals surface area (Å²) in [7, 11) is 0. The first kappa shape index (κ1) is 14.9. The number of aromatic hydroxyl groups is 1.